The molecule has 14 aromatic rings. The Labute approximate surface area is 470 Å². The van der Waals surface area contributed by atoms with Crippen molar-refractivity contribution < 1.29 is 19.5 Å². The maximum atomic E-state index is 5.02. The number of nitrogens with zero attached hydrogens (tertiary/aromatic N) is 12. The Morgan fingerprint density at radius 2 is 0.284 bits per heavy atom. The SMILES string of the molecule is [Zn].c1ccc2c(c1)-c1nc-2nc2[nH]c(nc3nc(nc4[nH]c(n1)c1ccccc41)-c1ccccc1-3)c1ccccc21.c1ccc2c(c1)-c1nc-2nc2[nH]c(nc3nc(nc4[nH]c(n1)c1ccccc41)-c1ccccc1-3)c1ccccc21. The van der Waals surface area contributed by atoms with Crippen LogP contribution < -0.4 is 0 Å². The third kappa shape index (κ3) is 7.40. The summed E-state index contributed by atoms with van der Waals surface area (Å²) in [6.07, 6.45) is 0. The van der Waals surface area contributed by atoms with Crippen molar-refractivity contribution in [3.63, 3.8) is 0 Å². The zero-order valence-electron chi connectivity index (χ0n) is 42.5. The number of nitrogens with one attached hydrogen (secondary N) is 4. The summed E-state index contributed by atoms with van der Waals surface area (Å²) in [6.45, 7) is 0. The van der Waals surface area contributed by atoms with Crippen LogP contribution in [0.25, 0.3) is 179 Å². The normalized spacial score (nSPS) is 11.9. The zero-order chi connectivity index (χ0) is 52.4. The van der Waals surface area contributed by atoms with Gasteiger partial charge in [0, 0.05) is 107 Å². The quantitative estimate of drug-likeness (QED) is 0.104. The van der Waals surface area contributed by atoms with E-state index in [0.717, 1.165) is 87.6 Å². The van der Waals surface area contributed by atoms with Gasteiger partial charge in [-0.05, 0) is 0 Å². The molecule has 8 aromatic carbocycles. The second-order valence-electron chi connectivity index (χ2n) is 19.6. The number of aromatic nitrogens is 16. The molecule has 4 aliphatic heterocycles. The first-order valence-electron chi connectivity index (χ1n) is 26.0. The van der Waals surface area contributed by atoms with Crippen LogP contribution in [0.5, 0.6) is 0 Å². The molecule has 18 rings (SSSR count). The number of aromatic amines is 4. The second-order valence-corrected chi connectivity index (χ2v) is 19.6. The van der Waals surface area contributed by atoms with Crippen LogP contribution >= 0.6 is 0 Å². The van der Waals surface area contributed by atoms with Gasteiger partial charge in [0.25, 0.3) is 0 Å². The maximum absolute atomic E-state index is 5.02. The third-order valence-corrected chi connectivity index (χ3v) is 14.9. The first-order chi connectivity index (χ1) is 39.6. The first kappa shape index (κ1) is 46.2. The van der Waals surface area contributed by atoms with Gasteiger partial charge in [-0.15, -0.1) is 0 Å². The van der Waals surface area contributed by atoms with Crippen LogP contribution in [0.1, 0.15) is 0 Å². The van der Waals surface area contributed by atoms with Crippen LogP contribution in [0.4, 0.5) is 0 Å². The molecule has 0 spiro atoms. The molecule has 374 valence electrons. The Morgan fingerprint density at radius 1 is 0.160 bits per heavy atom. The van der Waals surface area contributed by atoms with Gasteiger partial charge < -0.3 is 19.9 Å². The summed E-state index contributed by atoms with van der Waals surface area (Å²) >= 11 is 0. The van der Waals surface area contributed by atoms with Crippen molar-refractivity contribution in [3.8, 4) is 91.1 Å². The van der Waals surface area contributed by atoms with Gasteiger partial charge in [-0.25, -0.2) is 59.8 Å². The average molecular weight is 1090 g/mol. The molecule has 0 aliphatic carbocycles. The molecule has 16 nitrogen and oxygen atoms in total. The van der Waals surface area contributed by atoms with Crippen LogP contribution in [0, 0.1) is 0 Å². The molecule has 0 atom stereocenters. The van der Waals surface area contributed by atoms with E-state index in [0.29, 0.717) is 91.8 Å². The van der Waals surface area contributed by atoms with Crippen molar-refractivity contribution in [2.45, 2.75) is 0 Å². The minimum atomic E-state index is 0. The number of hydrogen-bond acceptors (Lipinski definition) is 12. The van der Waals surface area contributed by atoms with E-state index in [2.05, 4.69) is 19.9 Å². The summed E-state index contributed by atoms with van der Waals surface area (Å²) in [7, 11) is 0. The van der Waals surface area contributed by atoms with Gasteiger partial charge in [0.05, 0.1) is 0 Å². The molecule has 81 heavy (non-hydrogen) atoms. The molecule has 0 fully saturated rings. The van der Waals surface area contributed by atoms with Crippen molar-refractivity contribution in [3.05, 3.63) is 194 Å². The molecule has 10 heterocycles. The predicted octanol–water partition coefficient (Wildman–Crippen LogP) is 13.7. The van der Waals surface area contributed by atoms with E-state index in [9.17, 15) is 0 Å². The summed E-state index contributed by atoms with van der Waals surface area (Å²) < 4.78 is 0. The maximum Gasteiger partial charge on any atom is 0.164 e. The van der Waals surface area contributed by atoms with Gasteiger partial charge in [-0.2, -0.15) is 0 Å². The largest absolute Gasteiger partial charge is 0.324 e. The monoisotopic (exact) mass is 1090 g/mol. The Hall–Kier alpha value is -10.9. The van der Waals surface area contributed by atoms with Crippen LogP contribution in [0.15, 0.2) is 194 Å². The van der Waals surface area contributed by atoms with Gasteiger partial charge in [-0.1, -0.05) is 194 Å². The van der Waals surface area contributed by atoms with Crippen LogP contribution in [0.3, 0.4) is 0 Å². The fourth-order valence-electron chi connectivity index (χ4n) is 11.2. The molecular weight excluding hydrogens is 1060 g/mol. The van der Waals surface area contributed by atoms with E-state index in [4.69, 9.17) is 59.8 Å². The van der Waals surface area contributed by atoms with E-state index in [1.807, 2.05) is 194 Å². The van der Waals surface area contributed by atoms with Crippen LogP contribution in [-0.4, -0.2) is 79.7 Å². The molecule has 0 saturated heterocycles. The summed E-state index contributed by atoms with van der Waals surface area (Å²) in [5.41, 5.74) is 12.9. The molecule has 0 unspecified atom stereocenters. The molecule has 0 amide bonds. The fourth-order valence-corrected chi connectivity index (χ4v) is 11.2. The molecule has 4 aliphatic rings. The Balaban J connectivity index is 0.000000132. The molecule has 4 N–H and O–H groups in total. The van der Waals surface area contributed by atoms with E-state index < -0.39 is 0 Å². The number of H-pyrrole nitrogens is 4. The van der Waals surface area contributed by atoms with Gasteiger partial charge in [0.15, 0.2) is 46.6 Å². The summed E-state index contributed by atoms with van der Waals surface area (Å²) in [6, 6.07) is 64.5. The number of rotatable bonds is 0. The number of hydrogen-bond donors (Lipinski definition) is 4. The molecule has 0 radical (unpaired) electrons. The molecule has 0 saturated carbocycles. The van der Waals surface area contributed by atoms with E-state index in [-0.39, 0.29) is 19.5 Å². The van der Waals surface area contributed by atoms with Crippen molar-refractivity contribution in [1.82, 2.24) is 79.7 Å². The van der Waals surface area contributed by atoms with Gasteiger partial charge in [0.1, 0.15) is 45.2 Å². The zero-order valence-corrected chi connectivity index (χ0v) is 45.5. The summed E-state index contributed by atoms with van der Waals surface area (Å²) in [5, 5.41) is 7.64. The molecule has 6 aromatic heterocycles. The van der Waals surface area contributed by atoms with Crippen molar-refractivity contribution in [1.29, 1.82) is 0 Å². The van der Waals surface area contributed by atoms with Gasteiger partial charge in [0.2, 0.25) is 0 Å². The van der Waals surface area contributed by atoms with Crippen LogP contribution in [-0.2, 0) is 19.5 Å². The Kier molecular flexibility index (Phi) is 10.3. The smallest absolute Gasteiger partial charge is 0.164 e. The average Bonchev–Trinajstić information content (AvgIpc) is 4.53. The van der Waals surface area contributed by atoms with Gasteiger partial charge in [-0.3, -0.25) is 0 Å². The minimum absolute atomic E-state index is 0. The van der Waals surface area contributed by atoms with Crippen molar-refractivity contribution in [2.24, 2.45) is 0 Å². The summed E-state index contributed by atoms with van der Waals surface area (Å²) in [5.74, 6) is 4.78. The van der Waals surface area contributed by atoms with Gasteiger partial charge >= 0.3 is 0 Å². The number of benzene rings is 8. The topological polar surface area (TPSA) is 218 Å². The minimum Gasteiger partial charge on any atom is -0.324 e. The molecule has 16 bridgehead atoms. The fraction of sp³-hybridized carbons (Fsp3) is 0. The third-order valence-electron chi connectivity index (χ3n) is 14.9. The molecular formula is C64H36N16Zn. The Morgan fingerprint density at radius 3 is 0.420 bits per heavy atom. The summed E-state index contributed by atoms with van der Waals surface area (Å²) in [4.78, 5) is 73.5. The number of fused-ring (bicyclic) bond motifs is 40. The van der Waals surface area contributed by atoms with Crippen LogP contribution in [0.2, 0.25) is 0 Å². The van der Waals surface area contributed by atoms with Crippen molar-refractivity contribution in [2.75, 3.05) is 0 Å². The molecule has 17 heteroatoms. The van der Waals surface area contributed by atoms with E-state index >= 15 is 0 Å². The van der Waals surface area contributed by atoms with Crippen molar-refractivity contribution >= 4 is 88.3 Å². The van der Waals surface area contributed by atoms with E-state index in [1.54, 1.807) is 0 Å². The first-order valence-corrected chi connectivity index (χ1v) is 26.0. The standard InChI is InChI=1S/2C32H18N8.Zn/c2*1-2-10-18-17(9-1)25-33-26(18)38-28-21-13-5-6-14-22(21)30(35-28)40-32-24-16-8-7-15-23(24)31(36-32)39-29-20-12-4-3-11-19(20)27(34-29)37-25;/h2*1-16H,(H2,33,34,35,36,37,38,39,40);. The predicted molar refractivity (Wildman–Crippen MR) is 312 cm³/mol. The van der Waals surface area contributed by atoms with E-state index in [1.165, 1.54) is 0 Å². The second kappa shape index (κ2) is 18.1. The Bertz CT molecular complexity index is 4390.